The molecule has 1 aromatic heterocycles. The van der Waals surface area contributed by atoms with Crippen molar-refractivity contribution in [1.29, 1.82) is 0 Å². The van der Waals surface area contributed by atoms with E-state index >= 15 is 0 Å². The number of nitrogens with zero attached hydrogens (tertiary/aromatic N) is 2. The number of carbonyl (C=O) groups is 2. The van der Waals surface area contributed by atoms with Crippen LogP contribution in [0.25, 0.3) is 0 Å². The molecular weight excluding hydrogens is 347 g/mol. The molecule has 0 radical (unpaired) electrons. The summed E-state index contributed by atoms with van der Waals surface area (Å²) in [4.78, 5) is 24.2. The summed E-state index contributed by atoms with van der Waals surface area (Å²) >= 11 is 0. The largest absolute Gasteiger partial charge is 0.326 e. The molecule has 27 heavy (non-hydrogen) atoms. The monoisotopic (exact) mass is 366 g/mol. The first-order valence-electron chi connectivity index (χ1n) is 8.42. The number of aryl methyl sites for hydroxylation is 1. The average Bonchev–Trinajstić information content (AvgIpc) is 3.12. The van der Waals surface area contributed by atoms with Gasteiger partial charge in [-0.15, -0.1) is 0 Å². The Hall–Kier alpha value is -3.48. The third-order valence-electron chi connectivity index (χ3n) is 3.96. The van der Waals surface area contributed by atoms with Crippen LogP contribution in [-0.4, -0.2) is 21.6 Å². The minimum atomic E-state index is -0.404. The Labute approximate surface area is 156 Å². The molecule has 2 aromatic carbocycles. The van der Waals surface area contributed by atoms with Crippen molar-refractivity contribution in [2.75, 3.05) is 10.6 Å². The lowest BCUT2D eigenvalue weighted by Crippen LogP contribution is -2.19. The van der Waals surface area contributed by atoms with Gasteiger partial charge < -0.3 is 10.6 Å². The van der Waals surface area contributed by atoms with Gasteiger partial charge in [-0.05, 0) is 48.4 Å². The molecule has 0 saturated heterocycles. The zero-order chi connectivity index (χ0) is 19.2. The predicted octanol–water partition coefficient (Wildman–Crippen LogP) is 3.15. The molecule has 0 aliphatic heterocycles. The third-order valence-corrected chi connectivity index (χ3v) is 3.96. The van der Waals surface area contributed by atoms with Crippen molar-refractivity contribution in [2.45, 2.75) is 19.9 Å². The first kappa shape index (κ1) is 18.3. The molecule has 2 N–H and O–H groups in total. The summed E-state index contributed by atoms with van der Waals surface area (Å²) in [6, 6.07) is 13.1. The number of amides is 2. The number of hydrogen-bond acceptors (Lipinski definition) is 3. The van der Waals surface area contributed by atoms with Crippen molar-refractivity contribution in [3.8, 4) is 0 Å². The summed E-state index contributed by atoms with van der Waals surface area (Å²) < 4.78 is 15.2. The van der Waals surface area contributed by atoms with Gasteiger partial charge in [-0.3, -0.25) is 14.3 Å². The molecule has 2 amide bonds. The van der Waals surface area contributed by atoms with Crippen LogP contribution in [0.5, 0.6) is 0 Å². The zero-order valence-electron chi connectivity index (χ0n) is 14.8. The molecule has 0 fully saturated rings. The maximum absolute atomic E-state index is 13.6. The third kappa shape index (κ3) is 5.01. The number of anilines is 2. The Balaban J connectivity index is 1.60. The van der Waals surface area contributed by atoms with E-state index in [9.17, 15) is 14.0 Å². The Kier molecular flexibility index (Phi) is 5.61. The molecule has 3 rings (SSSR count). The van der Waals surface area contributed by atoms with E-state index < -0.39 is 5.82 Å². The number of aromatic nitrogens is 2. The maximum atomic E-state index is 13.6. The Morgan fingerprint density at radius 2 is 1.89 bits per heavy atom. The first-order chi connectivity index (χ1) is 13.0. The summed E-state index contributed by atoms with van der Waals surface area (Å²) in [5.74, 6) is -0.910. The summed E-state index contributed by atoms with van der Waals surface area (Å²) in [6.07, 6.45) is 3.27. The summed E-state index contributed by atoms with van der Waals surface area (Å²) in [5, 5.41) is 9.55. The van der Waals surface area contributed by atoms with Crippen LogP contribution in [0.2, 0.25) is 0 Å². The summed E-state index contributed by atoms with van der Waals surface area (Å²) in [5.41, 5.74) is 2.37. The van der Waals surface area contributed by atoms with Crippen molar-refractivity contribution < 1.29 is 14.0 Å². The molecule has 1 heterocycles. The molecule has 0 aliphatic rings. The van der Waals surface area contributed by atoms with Gasteiger partial charge in [-0.25, -0.2) is 4.39 Å². The molecule has 0 aliphatic carbocycles. The van der Waals surface area contributed by atoms with E-state index in [1.807, 2.05) is 6.92 Å². The highest BCUT2D eigenvalue weighted by Gasteiger charge is 2.10. The lowest BCUT2D eigenvalue weighted by atomic mass is 10.1. The van der Waals surface area contributed by atoms with E-state index in [1.54, 1.807) is 54.9 Å². The van der Waals surface area contributed by atoms with E-state index in [0.29, 0.717) is 16.9 Å². The second kappa shape index (κ2) is 8.27. The highest BCUT2D eigenvalue weighted by atomic mass is 19.1. The number of rotatable bonds is 6. The summed E-state index contributed by atoms with van der Waals surface area (Å²) in [6.45, 7) is 1.95. The van der Waals surface area contributed by atoms with Gasteiger partial charge in [0, 0.05) is 23.8 Å². The van der Waals surface area contributed by atoms with Gasteiger partial charge in [-0.1, -0.05) is 18.2 Å². The molecule has 0 spiro atoms. The van der Waals surface area contributed by atoms with Crippen molar-refractivity contribution in [1.82, 2.24) is 9.78 Å². The van der Waals surface area contributed by atoms with Crippen LogP contribution in [0.3, 0.4) is 0 Å². The van der Waals surface area contributed by atoms with Crippen LogP contribution in [0.4, 0.5) is 15.8 Å². The van der Waals surface area contributed by atoms with Crippen molar-refractivity contribution in [2.24, 2.45) is 0 Å². The quantitative estimate of drug-likeness (QED) is 0.704. The van der Waals surface area contributed by atoms with Crippen LogP contribution in [-0.2, 0) is 22.6 Å². The van der Waals surface area contributed by atoms with Crippen LogP contribution >= 0.6 is 0 Å². The zero-order valence-corrected chi connectivity index (χ0v) is 14.8. The first-order valence-corrected chi connectivity index (χ1v) is 8.42. The SMILES string of the molecule is Cc1cc(NC(=O)Cc2ccccc2F)ccc1NC(=O)Cn1cccn1. The summed E-state index contributed by atoms with van der Waals surface area (Å²) in [7, 11) is 0. The fraction of sp³-hybridized carbons (Fsp3) is 0.150. The van der Waals surface area contributed by atoms with Crippen molar-refractivity contribution in [3.05, 3.63) is 77.9 Å². The maximum Gasteiger partial charge on any atom is 0.246 e. The molecule has 138 valence electrons. The lowest BCUT2D eigenvalue weighted by Gasteiger charge is -2.11. The molecule has 0 saturated carbocycles. The van der Waals surface area contributed by atoms with Gasteiger partial charge in [0.1, 0.15) is 12.4 Å². The van der Waals surface area contributed by atoms with E-state index in [2.05, 4.69) is 15.7 Å². The second-order valence-electron chi connectivity index (χ2n) is 6.10. The smallest absolute Gasteiger partial charge is 0.246 e. The van der Waals surface area contributed by atoms with Gasteiger partial charge in [-0.2, -0.15) is 5.10 Å². The molecule has 6 nitrogen and oxygen atoms in total. The minimum absolute atomic E-state index is 0.0475. The highest BCUT2D eigenvalue weighted by molar-refractivity contribution is 5.94. The Morgan fingerprint density at radius 3 is 2.59 bits per heavy atom. The average molecular weight is 366 g/mol. The highest BCUT2D eigenvalue weighted by Crippen LogP contribution is 2.20. The topological polar surface area (TPSA) is 76.0 Å². The van der Waals surface area contributed by atoms with Crippen LogP contribution in [0.15, 0.2) is 60.9 Å². The number of carbonyl (C=O) groups excluding carboxylic acids is 2. The van der Waals surface area contributed by atoms with Gasteiger partial charge in [0.2, 0.25) is 11.8 Å². The van der Waals surface area contributed by atoms with E-state index in [0.717, 1.165) is 5.56 Å². The second-order valence-corrected chi connectivity index (χ2v) is 6.10. The molecule has 0 unspecified atom stereocenters. The van der Waals surface area contributed by atoms with Crippen molar-refractivity contribution >= 4 is 23.2 Å². The van der Waals surface area contributed by atoms with Crippen LogP contribution in [0, 0.1) is 12.7 Å². The van der Waals surface area contributed by atoms with Crippen molar-refractivity contribution in [3.63, 3.8) is 0 Å². The van der Waals surface area contributed by atoms with Gasteiger partial charge in [0.15, 0.2) is 0 Å². The minimum Gasteiger partial charge on any atom is -0.326 e. The number of hydrogen-bond donors (Lipinski definition) is 2. The normalized spacial score (nSPS) is 10.4. The molecule has 0 bridgehead atoms. The molecular formula is C20H19FN4O2. The van der Waals surface area contributed by atoms with Gasteiger partial charge in [0.25, 0.3) is 0 Å². The predicted molar refractivity (Wildman–Crippen MR) is 101 cm³/mol. The number of benzene rings is 2. The van der Waals surface area contributed by atoms with Crippen LogP contribution < -0.4 is 10.6 Å². The molecule has 0 atom stereocenters. The van der Waals surface area contributed by atoms with Gasteiger partial charge >= 0.3 is 0 Å². The Morgan fingerprint density at radius 1 is 1.07 bits per heavy atom. The number of halogens is 1. The fourth-order valence-corrected chi connectivity index (χ4v) is 2.63. The Bertz CT molecular complexity index is 954. The molecule has 3 aromatic rings. The number of nitrogens with one attached hydrogen (secondary N) is 2. The van der Waals surface area contributed by atoms with E-state index in [1.165, 1.54) is 10.7 Å². The van der Waals surface area contributed by atoms with Gasteiger partial charge in [0.05, 0.1) is 6.42 Å². The fourth-order valence-electron chi connectivity index (χ4n) is 2.63. The van der Waals surface area contributed by atoms with E-state index in [-0.39, 0.29) is 24.8 Å². The lowest BCUT2D eigenvalue weighted by molar-refractivity contribution is -0.117. The van der Waals surface area contributed by atoms with E-state index in [4.69, 9.17) is 0 Å². The van der Waals surface area contributed by atoms with Crippen LogP contribution in [0.1, 0.15) is 11.1 Å². The molecule has 7 heteroatoms. The standard InChI is InChI=1S/C20H19FN4O2/c1-14-11-16(23-19(26)12-15-5-2-3-6-17(15)21)7-8-18(14)24-20(27)13-25-10-4-9-22-25/h2-11H,12-13H2,1H3,(H,23,26)(H,24,27).